The number of carbonyl (C=O) groups excluding carboxylic acids is 1. The minimum Gasteiger partial charge on any atom is -0.497 e. The number of nitrogens with one attached hydrogen (secondary N) is 1. The lowest BCUT2D eigenvalue weighted by Crippen LogP contribution is -2.38. The normalized spacial score (nSPS) is 18.1. The maximum absolute atomic E-state index is 12.6. The Morgan fingerprint density at radius 2 is 1.96 bits per heavy atom. The molecule has 0 atom stereocenters. The van der Waals surface area contributed by atoms with Crippen molar-refractivity contribution >= 4 is 5.91 Å². The molecule has 150 valence electrons. The second-order valence-corrected chi connectivity index (χ2v) is 7.72. The summed E-state index contributed by atoms with van der Waals surface area (Å²) in [5.41, 5.74) is 0.584. The average molecular weight is 384 g/mol. The van der Waals surface area contributed by atoms with Crippen molar-refractivity contribution in [3.63, 3.8) is 0 Å². The third-order valence-electron chi connectivity index (χ3n) is 5.35. The van der Waals surface area contributed by atoms with E-state index in [1.807, 2.05) is 31.2 Å². The van der Waals surface area contributed by atoms with E-state index in [4.69, 9.17) is 13.9 Å². The molecular formula is C22H28N2O4. The molecule has 2 fully saturated rings. The lowest BCUT2D eigenvalue weighted by atomic mass is 10.1. The SMILES string of the molecule is COc1ccc(C(=O)NC2CC2)c(OC2CCN(Cc3ccc(C)o3)CC2)c1. The molecule has 1 aliphatic heterocycles. The molecule has 1 aromatic carbocycles. The molecule has 28 heavy (non-hydrogen) atoms. The van der Waals surface area contributed by atoms with Crippen molar-refractivity contribution in [3.05, 3.63) is 47.4 Å². The number of nitrogens with zero attached hydrogens (tertiary/aromatic N) is 1. The number of carbonyl (C=O) groups is 1. The Kier molecular flexibility index (Phi) is 5.57. The number of furan rings is 1. The molecule has 1 saturated heterocycles. The highest BCUT2D eigenvalue weighted by Gasteiger charge is 2.27. The average Bonchev–Trinajstić information content (AvgIpc) is 3.42. The first-order chi connectivity index (χ1) is 13.6. The molecule has 1 aliphatic carbocycles. The molecule has 6 nitrogen and oxygen atoms in total. The highest BCUT2D eigenvalue weighted by atomic mass is 16.5. The number of amides is 1. The van der Waals surface area contributed by atoms with E-state index in [0.717, 1.165) is 56.8 Å². The van der Waals surface area contributed by atoms with Gasteiger partial charge in [0.25, 0.3) is 5.91 Å². The monoisotopic (exact) mass is 384 g/mol. The lowest BCUT2D eigenvalue weighted by molar-refractivity contribution is 0.0869. The van der Waals surface area contributed by atoms with Gasteiger partial charge in [-0.2, -0.15) is 0 Å². The van der Waals surface area contributed by atoms with Gasteiger partial charge in [0.2, 0.25) is 0 Å². The van der Waals surface area contributed by atoms with Crippen LogP contribution in [-0.2, 0) is 6.54 Å². The van der Waals surface area contributed by atoms with Gasteiger partial charge in [-0.1, -0.05) is 0 Å². The van der Waals surface area contributed by atoms with Crippen molar-refractivity contribution in [2.45, 2.75) is 51.3 Å². The Labute approximate surface area is 165 Å². The first kappa shape index (κ1) is 18.9. The number of benzene rings is 1. The lowest BCUT2D eigenvalue weighted by Gasteiger charge is -2.32. The number of hydrogen-bond donors (Lipinski definition) is 1. The maximum Gasteiger partial charge on any atom is 0.255 e. The predicted octanol–water partition coefficient (Wildman–Crippen LogP) is 3.53. The van der Waals surface area contributed by atoms with E-state index in [1.54, 1.807) is 13.2 Å². The van der Waals surface area contributed by atoms with Gasteiger partial charge in [-0.15, -0.1) is 0 Å². The molecule has 1 amide bonds. The van der Waals surface area contributed by atoms with Gasteiger partial charge in [-0.3, -0.25) is 9.69 Å². The van der Waals surface area contributed by atoms with Crippen LogP contribution >= 0.6 is 0 Å². The highest BCUT2D eigenvalue weighted by molar-refractivity contribution is 5.97. The molecule has 0 bridgehead atoms. The minimum absolute atomic E-state index is 0.0641. The third kappa shape index (κ3) is 4.68. The van der Waals surface area contributed by atoms with Crippen LogP contribution in [0.15, 0.2) is 34.7 Å². The fraction of sp³-hybridized carbons (Fsp3) is 0.500. The van der Waals surface area contributed by atoms with E-state index in [-0.39, 0.29) is 12.0 Å². The number of piperidine rings is 1. The summed E-state index contributed by atoms with van der Waals surface area (Å²) in [6.45, 7) is 4.68. The predicted molar refractivity (Wildman–Crippen MR) is 106 cm³/mol. The fourth-order valence-electron chi connectivity index (χ4n) is 3.56. The number of likely N-dealkylation sites (tertiary alicyclic amines) is 1. The van der Waals surface area contributed by atoms with Gasteiger partial charge in [-0.25, -0.2) is 0 Å². The largest absolute Gasteiger partial charge is 0.497 e. The number of hydrogen-bond acceptors (Lipinski definition) is 5. The summed E-state index contributed by atoms with van der Waals surface area (Å²) in [6.07, 6.45) is 4.05. The quantitative estimate of drug-likeness (QED) is 0.791. The van der Waals surface area contributed by atoms with Gasteiger partial charge in [0.15, 0.2) is 0 Å². The molecule has 2 aliphatic rings. The van der Waals surface area contributed by atoms with E-state index in [2.05, 4.69) is 10.2 Å². The van der Waals surface area contributed by atoms with Gasteiger partial charge in [0, 0.05) is 25.2 Å². The first-order valence-corrected chi connectivity index (χ1v) is 10.0. The van der Waals surface area contributed by atoms with Crippen molar-refractivity contribution in [2.75, 3.05) is 20.2 Å². The molecule has 4 rings (SSSR count). The summed E-state index contributed by atoms with van der Waals surface area (Å²) in [5, 5.41) is 3.04. The zero-order valence-electron chi connectivity index (χ0n) is 16.6. The Balaban J connectivity index is 1.37. The molecule has 1 aromatic heterocycles. The zero-order valence-corrected chi connectivity index (χ0v) is 16.6. The van der Waals surface area contributed by atoms with Gasteiger partial charge in [0.1, 0.15) is 29.1 Å². The van der Waals surface area contributed by atoms with Crippen molar-refractivity contribution in [3.8, 4) is 11.5 Å². The molecule has 1 N–H and O–H groups in total. The molecule has 2 heterocycles. The Bertz CT molecular complexity index is 820. The second-order valence-electron chi connectivity index (χ2n) is 7.72. The standard InChI is InChI=1S/C22H28N2O4/c1-15-3-6-19(27-15)14-24-11-9-17(10-12-24)28-21-13-18(26-2)7-8-20(21)22(25)23-16-4-5-16/h3,6-8,13,16-17H,4-5,9-12,14H2,1-2H3,(H,23,25). The number of methoxy groups -OCH3 is 1. The highest BCUT2D eigenvalue weighted by Crippen LogP contribution is 2.29. The van der Waals surface area contributed by atoms with Crippen molar-refractivity contribution in [2.24, 2.45) is 0 Å². The topological polar surface area (TPSA) is 63.9 Å². The Hall–Kier alpha value is -2.47. The van der Waals surface area contributed by atoms with Crippen LogP contribution < -0.4 is 14.8 Å². The van der Waals surface area contributed by atoms with Crippen molar-refractivity contribution < 1.29 is 18.7 Å². The van der Waals surface area contributed by atoms with E-state index in [0.29, 0.717) is 23.1 Å². The van der Waals surface area contributed by atoms with E-state index < -0.39 is 0 Å². The zero-order chi connectivity index (χ0) is 19.5. The van der Waals surface area contributed by atoms with Crippen LogP contribution in [-0.4, -0.2) is 43.2 Å². The molecule has 6 heteroatoms. The summed E-state index contributed by atoms with van der Waals surface area (Å²) in [4.78, 5) is 14.9. The van der Waals surface area contributed by atoms with Crippen LogP contribution in [0, 0.1) is 6.92 Å². The van der Waals surface area contributed by atoms with Gasteiger partial charge >= 0.3 is 0 Å². The van der Waals surface area contributed by atoms with Crippen LogP contribution in [0.1, 0.15) is 47.6 Å². The van der Waals surface area contributed by atoms with E-state index in [9.17, 15) is 4.79 Å². The van der Waals surface area contributed by atoms with E-state index in [1.165, 1.54) is 0 Å². The molecule has 2 aromatic rings. The van der Waals surface area contributed by atoms with Gasteiger partial charge in [0.05, 0.1) is 19.2 Å². The Morgan fingerprint density at radius 3 is 2.61 bits per heavy atom. The molecule has 1 saturated carbocycles. The van der Waals surface area contributed by atoms with Crippen molar-refractivity contribution in [1.29, 1.82) is 0 Å². The summed E-state index contributed by atoms with van der Waals surface area (Å²) in [5.74, 6) is 3.19. The molecular weight excluding hydrogens is 356 g/mol. The summed E-state index contributed by atoms with van der Waals surface area (Å²) in [7, 11) is 1.62. The maximum atomic E-state index is 12.6. The van der Waals surface area contributed by atoms with Gasteiger partial charge < -0.3 is 19.2 Å². The number of ether oxygens (including phenoxy) is 2. The number of rotatable bonds is 7. The van der Waals surface area contributed by atoms with Crippen LogP contribution in [0.5, 0.6) is 11.5 Å². The molecule has 0 spiro atoms. The second kappa shape index (κ2) is 8.27. The van der Waals surface area contributed by atoms with Crippen molar-refractivity contribution in [1.82, 2.24) is 10.2 Å². The van der Waals surface area contributed by atoms with Crippen LogP contribution in [0.4, 0.5) is 0 Å². The minimum atomic E-state index is -0.0641. The molecule has 0 unspecified atom stereocenters. The summed E-state index contributed by atoms with van der Waals surface area (Å²) >= 11 is 0. The summed E-state index contributed by atoms with van der Waals surface area (Å²) in [6, 6.07) is 9.78. The van der Waals surface area contributed by atoms with Gasteiger partial charge in [-0.05, 0) is 56.9 Å². The van der Waals surface area contributed by atoms with Crippen LogP contribution in [0.3, 0.4) is 0 Å². The number of aryl methyl sites for hydroxylation is 1. The third-order valence-corrected chi connectivity index (χ3v) is 5.35. The Morgan fingerprint density at radius 1 is 1.18 bits per heavy atom. The molecule has 0 radical (unpaired) electrons. The van der Waals surface area contributed by atoms with Crippen LogP contribution in [0.25, 0.3) is 0 Å². The first-order valence-electron chi connectivity index (χ1n) is 10.0. The smallest absolute Gasteiger partial charge is 0.255 e. The fourth-order valence-corrected chi connectivity index (χ4v) is 3.56. The van der Waals surface area contributed by atoms with Crippen LogP contribution in [0.2, 0.25) is 0 Å². The summed E-state index contributed by atoms with van der Waals surface area (Å²) < 4.78 is 17.3. The van der Waals surface area contributed by atoms with E-state index >= 15 is 0 Å².